The van der Waals surface area contributed by atoms with Crippen molar-refractivity contribution in [2.24, 2.45) is 0 Å². The predicted octanol–water partition coefficient (Wildman–Crippen LogP) is 4.89. The van der Waals surface area contributed by atoms with Gasteiger partial charge in [-0.1, -0.05) is 32.0 Å². The number of hydrogen-bond acceptors (Lipinski definition) is 1. The molecule has 0 aromatic heterocycles. The summed E-state index contributed by atoms with van der Waals surface area (Å²) in [6.07, 6.45) is 0. The zero-order chi connectivity index (χ0) is 14.7. The maximum atomic E-state index is 14.2. The van der Waals surface area contributed by atoms with Gasteiger partial charge in [-0.15, -0.1) is 0 Å². The van der Waals surface area contributed by atoms with Gasteiger partial charge in [-0.2, -0.15) is 0 Å². The van der Waals surface area contributed by atoms with Crippen LogP contribution in [-0.2, 0) is 6.54 Å². The van der Waals surface area contributed by atoms with E-state index in [0.29, 0.717) is 28.2 Å². The second-order valence-electron chi connectivity index (χ2n) is 4.94. The molecule has 0 aliphatic rings. The van der Waals surface area contributed by atoms with Crippen molar-refractivity contribution in [3.8, 4) is 11.1 Å². The third-order valence-electron chi connectivity index (χ3n) is 3.01. The molecule has 2 aromatic carbocycles. The molecule has 0 aliphatic carbocycles. The lowest BCUT2D eigenvalue weighted by Crippen LogP contribution is -2.22. The first kappa shape index (κ1) is 15.1. The van der Waals surface area contributed by atoms with Gasteiger partial charge in [0.25, 0.3) is 0 Å². The summed E-state index contributed by atoms with van der Waals surface area (Å²) in [6, 6.07) is 9.81. The molecule has 0 amide bonds. The minimum absolute atomic E-state index is 0.306. The largest absolute Gasteiger partial charge is 0.310 e. The molecule has 0 bridgehead atoms. The molecule has 1 nitrogen and oxygen atoms in total. The van der Waals surface area contributed by atoms with Gasteiger partial charge in [0.05, 0.1) is 4.47 Å². The lowest BCUT2D eigenvalue weighted by molar-refractivity contribution is 0.586. The molecule has 0 saturated heterocycles. The zero-order valence-corrected chi connectivity index (χ0v) is 13.0. The van der Waals surface area contributed by atoms with Gasteiger partial charge in [0, 0.05) is 18.2 Å². The van der Waals surface area contributed by atoms with E-state index in [1.54, 1.807) is 24.3 Å². The normalized spacial score (nSPS) is 11.1. The van der Waals surface area contributed by atoms with Gasteiger partial charge in [-0.3, -0.25) is 0 Å². The molecule has 20 heavy (non-hydrogen) atoms. The molecule has 0 radical (unpaired) electrons. The molecule has 0 fully saturated rings. The summed E-state index contributed by atoms with van der Waals surface area (Å²) in [5.41, 5.74) is 1.86. The van der Waals surface area contributed by atoms with Crippen LogP contribution in [-0.4, -0.2) is 6.04 Å². The Labute approximate surface area is 126 Å². The fourth-order valence-corrected chi connectivity index (χ4v) is 2.35. The van der Waals surface area contributed by atoms with Crippen LogP contribution in [0.5, 0.6) is 0 Å². The van der Waals surface area contributed by atoms with Crippen LogP contribution in [0.3, 0.4) is 0 Å². The van der Waals surface area contributed by atoms with Crippen LogP contribution in [0.25, 0.3) is 11.1 Å². The van der Waals surface area contributed by atoms with Gasteiger partial charge in [-0.05, 0) is 45.3 Å². The van der Waals surface area contributed by atoms with Gasteiger partial charge >= 0.3 is 0 Å². The second kappa shape index (κ2) is 6.46. The van der Waals surface area contributed by atoms with E-state index in [4.69, 9.17) is 0 Å². The Morgan fingerprint density at radius 3 is 2.55 bits per heavy atom. The van der Waals surface area contributed by atoms with E-state index >= 15 is 0 Å². The minimum Gasteiger partial charge on any atom is -0.310 e. The van der Waals surface area contributed by atoms with E-state index in [-0.39, 0.29) is 11.6 Å². The molecule has 0 spiro atoms. The van der Waals surface area contributed by atoms with Crippen molar-refractivity contribution in [1.82, 2.24) is 5.32 Å². The van der Waals surface area contributed by atoms with Gasteiger partial charge < -0.3 is 5.32 Å². The van der Waals surface area contributed by atoms with Crippen LogP contribution < -0.4 is 5.32 Å². The third-order valence-corrected chi connectivity index (χ3v) is 3.63. The molecule has 1 N–H and O–H groups in total. The third kappa shape index (κ3) is 3.44. The number of benzene rings is 2. The van der Waals surface area contributed by atoms with E-state index < -0.39 is 0 Å². The number of rotatable bonds is 4. The fourth-order valence-electron chi connectivity index (χ4n) is 1.98. The van der Waals surface area contributed by atoms with E-state index in [9.17, 15) is 8.78 Å². The van der Waals surface area contributed by atoms with Gasteiger partial charge in [-0.25, -0.2) is 8.78 Å². The lowest BCUT2D eigenvalue weighted by atomic mass is 9.98. The first-order chi connectivity index (χ1) is 9.49. The van der Waals surface area contributed by atoms with Crippen LogP contribution in [0, 0.1) is 11.6 Å². The predicted molar refractivity (Wildman–Crippen MR) is 81.5 cm³/mol. The summed E-state index contributed by atoms with van der Waals surface area (Å²) in [7, 11) is 0. The molecule has 0 unspecified atom stereocenters. The molecule has 0 atom stereocenters. The lowest BCUT2D eigenvalue weighted by Gasteiger charge is -2.14. The van der Waals surface area contributed by atoms with Gasteiger partial charge in [0.1, 0.15) is 11.6 Å². The van der Waals surface area contributed by atoms with Crippen LogP contribution in [0.1, 0.15) is 19.4 Å². The van der Waals surface area contributed by atoms with Gasteiger partial charge in [0.15, 0.2) is 0 Å². The summed E-state index contributed by atoms with van der Waals surface area (Å²) in [6.45, 7) is 4.63. The summed E-state index contributed by atoms with van der Waals surface area (Å²) in [5.74, 6) is -0.739. The molecular formula is C16H16BrF2N. The molecule has 0 heterocycles. The van der Waals surface area contributed by atoms with Crippen molar-refractivity contribution in [2.75, 3.05) is 0 Å². The van der Waals surface area contributed by atoms with E-state index in [1.165, 1.54) is 12.1 Å². The molecule has 0 saturated carbocycles. The average Bonchev–Trinajstić information content (AvgIpc) is 2.40. The average molecular weight is 340 g/mol. The summed E-state index contributed by atoms with van der Waals surface area (Å²) in [5, 5.41) is 3.27. The van der Waals surface area contributed by atoms with Crippen molar-refractivity contribution in [3.05, 3.63) is 58.1 Å². The van der Waals surface area contributed by atoms with Crippen LogP contribution in [0.2, 0.25) is 0 Å². The zero-order valence-electron chi connectivity index (χ0n) is 11.4. The Hall–Kier alpha value is -1.26. The Morgan fingerprint density at radius 1 is 1.10 bits per heavy atom. The molecule has 106 valence electrons. The molecule has 2 aromatic rings. The van der Waals surface area contributed by atoms with Crippen molar-refractivity contribution in [1.29, 1.82) is 0 Å². The molecule has 0 aliphatic heterocycles. The van der Waals surface area contributed by atoms with Gasteiger partial charge in [0.2, 0.25) is 0 Å². The standard InChI is InChI=1S/C16H16BrF2N/c1-10(2)20-9-11-6-7-12(18)8-14(11)13-4-3-5-15(17)16(13)19/h3-8,10,20H,9H2,1-2H3. The second-order valence-corrected chi connectivity index (χ2v) is 5.79. The summed E-state index contributed by atoms with van der Waals surface area (Å²) < 4.78 is 28.1. The maximum Gasteiger partial charge on any atom is 0.145 e. The highest BCUT2D eigenvalue weighted by Crippen LogP contribution is 2.31. The van der Waals surface area contributed by atoms with E-state index in [2.05, 4.69) is 21.2 Å². The Kier molecular flexibility index (Phi) is 4.89. The monoisotopic (exact) mass is 339 g/mol. The highest BCUT2D eigenvalue weighted by Gasteiger charge is 2.13. The van der Waals surface area contributed by atoms with Crippen molar-refractivity contribution < 1.29 is 8.78 Å². The fraction of sp³-hybridized carbons (Fsp3) is 0.250. The number of halogens is 3. The molecule has 2 rings (SSSR count). The van der Waals surface area contributed by atoms with E-state index in [0.717, 1.165) is 5.56 Å². The number of nitrogens with one attached hydrogen (secondary N) is 1. The molecule has 4 heteroatoms. The summed E-state index contributed by atoms with van der Waals surface area (Å²) in [4.78, 5) is 0. The highest BCUT2D eigenvalue weighted by atomic mass is 79.9. The van der Waals surface area contributed by atoms with Crippen molar-refractivity contribution in [2.45, 2.75) is 26.4 Å². The van der Waals surface area contributed by atoms with E-state index in [1.807, 2.05) is 13.8 Å². The minimum atomic E-state index is -0.371. The topological polar surface area (TPSA) is 12.0 Å². The highest BCUT2D eigenvalue weighted by molar-refractivity contribution is 9.10. The van der Waals surface area contributed by atoms with Crippen molar-refractivity contribution >= 4 is 15.9 Å². The quantitative estimate of drug-likeness (QED) is 0.835. The van der Waals surface area contributed by atoms with Crippen LogP contribution in [0.4, 0.5) is 8.78 Å². The van der Waals surface area contributed by atoms with Crippen LogP contribution in [0.15, 0.2) is 40.9 Å². The van der Waals surface area contributed by atoms with Crippen LogP contribution >= 0.6 is 15.9 Å². The van der Waals surface area contributed by atoms with Crippen molar-refractivity contribution in [3.63, 3.8) is 0 Å². The Morgan fingerprint density at radius 2 is 1.85 bits per heavy atom. The first-order valence-electron chi connectivity index (χ1n) is 6.45. The summed E-state index contributed by atoms with van der Waals surface area (Å²) >= 11 is 3.16. The Bertz CT molecular complexity index is 611. The first-order valence-corrected chi connectivity index (χ1v) is 7.24. The number of hydrogen-bond donors (Lipinski definition) is 1. The molecular weight excluding hydrogens is 324 g/mol. The maximum absolute atomic E-state index is 14.2. The smallest absolute Gasteiger partial charge is 0.145 e. The SMILES string of the molecule is CC(C)NCc1ccc(F)cc1-c1cccc(Br)c1F. The Balaban J connectivity index is 2.48.